The van der Waals surface area contributed by atoms with Gasteiger partial charge in [0.05, 0.1) is 18.5 Å². The quantitative estimate of drug-likeness (QED) is 0.574. The topological polar surface area (TPSA) is 38.8 Å². The Kier molecular flexibility index (Phi) is 8.14. The Bertz CT molecular complexity index is 407. The van der Waals surface area contributed by atoms with Crippen molar-refractivity contribution >= 4 is 34.1 Å². The molecule has 0 spiro atoms. The number of ether oxygens (including phenoxy) is 2. The van der Waals surface area contributed by atoms with Crippen LogP contribution in [0.5, 0.6) is 5.75 Å². The Labute approximate surface area is 134 Å². The molecule has 2 rings (SSSR count). The normalized spacial score (nSPS) is 15.4. The summed E-state index contributed by atoms with van der Waals surface area (Å²) >= 11 is 3.16. The molecule has 1 aromatic carbocycles. The first-order valence-corrected chi connectivity index (χ1v) is 7.54. The SMILES string of the molecule is Cl.O=C(CBr)c1ccc(OCCN2CCOCC2)cc1. The predicted molar refractivity (Wildman–Crippen MR) is 84.6 cm³/mol. The van der Waals surface area contributed by atoms with E-state index >= 15 is 0 Å². The smallest absolute Gasteiger partial charge is 0.173 e. The highest BCUT2D eigenvalue weighted by Gasteiger charge is 2.09. The first-order chi connectivity index (χ1) is 9.29. The molecule has 1 heterocycles. The van der Waals surface area contributed by atoms with Crippen LogP contribution in [0, 0.1) is 0 Å². The van der Waals surface area contributed by atoms with E-state index in [0.29, 0.717) is 17.5 Å². The van der Waals surface area contributed by atoms with Gasteiger partial charge in [-0.2, -0.15) is 0 Å². The van der Waals surface area contributed by atoms with Gasteiger partial charge in [0.15, 0.2) is 5.78 Å². The molecule has 0 amide bonds. The lowest BCUT2D eigenvalue weighted by molar-refractivity contribution is 0.0322. The van der Waals surface area contributed by atoms with Crippen LogP contribution in [-0.4, -0.2) is 55.5 Å². The minimum absolute atomic E-state index is 0. The molecule has 1 aliphatic heterocycles. The van der Waals surface area contributed by atoms with Crippen molar-refractivity contribution in [2.24, 2.45) is 0 Å². The highest BCUT2D eigenvalue weighted by atomic mass is 79.9. The molecule has 0 N–H and O–H groups in total. The number of hydrogen-bond donors (Lipinski definition) is 0. The molecule has 112 valence electrons. The van der Waals surface area contributed by atoms with E-state index in [1.54, 1.807) is 12.1 Å². The van der Waals surface area contributed by atoms with Crippen LogP contribution in [0.25, 0.3) is 0 Å². The minimum atomic E-state index is 0. The van der Waals surface area contributed by atoms with Gasteiger partial charge < -0.3 is 9.47 Å². The Morgan fingerprint density at radius 2 is 1.90 bits per heavy atom. The summed E-state index contributed by atoms with van der Waals surface area (Å²) in [6.07, 6.45) is 0. The molecule has 0 saturated carbocycles. The molecule has 1 fully saturated rings. The zero-order valence-electron chi connectivity index (χ0n) is 11.2. The fraction of sp³-hybridized carbons (Fsp3) is 0.500. The Morgan fingerprint density at radius 1 is 1.25 bits per heavy atom. The average Bonchev–Trinajstić information content (AvgIpc) is 2.48. The van der Waals surface area contributed by atoms with Gasteiger partial charge in [-0.05, 0) is 24.3 Å². The van der Waals surface area contributed by atoms with Crippen molar-refractivity contribution in [3.8, 4) is 5.75 Å². The van der Waals surface area contributed by atoms with Crippen LogP contribution in [0.3, 0.4) is 0 Å². The largest absolute Gasteiger partial charge is 0.492 e. The Hall–Kier alpha value is -0.620. The van der Waals surface area contributed by atoms with Gasteiger partial charge in [-0.25, -0.2) is 0 Å². The lowest BCUT2D eigenvalue weighted by atomic mass is 10.1. The van der Waals surface area contributed by atoms with Crippen LogP contribution in [0.1, 0.15) is 10.4 Å². The number of benzene rings is 1. The number of morpholine rings is 1. The monoisotopic (exact) mass is 363 g/mol. The fourth-order valence-corrected chi connectivity index (χ4v) is 2.26. The van der Waals surface area contributed by atoms with Crippen LogP contribution in [0.2, 0.25) is 0 Å². The number of hydrogen-bond acceptors (Lipinski definition) is 4. The Balaban J connectivity index is 0.00000200. The summed E-state index contributed by atoms with van der Waals surface area (Å²) in [6, 6.07) is 7.28. The molecule has 0 atom stereocenters. The van der Waals surface area contributed by atoms with E-state index in [0.717, 1.165) is 38.6 Å². The zero-order valence-corrected chi connectivity index (χ0v) is 13.6. The molecule has 1 aliphatic rings. The van der Waals surface area contributed by atoms with Crippen LogP contribution in [-0.2, 0) is 4.74 Å². The van der Waals surface area contributed by atoms with Crippen molar-refractivity contribution in [3.63, 3.8) is 0 Å². The van der Waals surface area contributed by atoms with Gasteiger partial charge in [0.2, 0.25) is 0 Å². The van der Waals surface area contributed by atoms with E-state index in [2.05, 4.69) is 20.8 Å². The summed E-state index contributed by atoms with van der Waals surface area (Å²) in [5.41, 5.74) is 0.706. The van der Waals surface area contributed by atoms with Gasteiger partial charge >= 0.3 is 0 Å². The molecule has 0 unspecified atom stereocenters. The van der Waals surface area contributed by atoms with Gasteiger partial charge in [0, 0.05) is 25.2 Å². The summed E-state index contributed by atoms with van der Waals surface area (Å²) in [4.78, 5) is 13.8. The van der Waals surface area contributed by atoms with Crippen LogP contribution >= 0.6 is 28.3 Å². The van der Waals surface area contributed by atoms with Gasteiger partial charge in [-0.15, -0.1) is 12.4 Å². The van der Waals surface area contributed by atoms with E-state index in [-0.39, 0.29) is 18.2 Å². The lowest BCUT2D eigenvalue weighted by Crippen LogP contribution is -2.38. The third kappa shape index (κ3) is 5.40. The number of alkyl halides is 1. The highest BCUT2D eigenvalue weighted by molar-refractivity contribution is 9.09. The molecule has 0 aliphatic carbocycles. The maximum atomic E-state index is 11.4. The van der Waals surface area contributed by atoms with Crippen LogP contribution < -0.4 is 4.74 Å². The molecule has 1 aromatic rings. The Morgan fingerprint density at radius 3 is 2.50 bits per heavy atom. The number of carbonyl (C=O) groups is 1. The predicted octanol–water partition coefficient (Wildman–Crippen LogP) is 2.40. The van der Waals surface area contributed by atoms with Gasteiger partial charge in [0.1, 0.15) is 12.4 Å². The third-order valence-corrected chi connectivity index (χ3v) is 3.59. The highest BCUT2D eigenvalue weighted by Crippen LogP contribution is 2.13. The maximum Gasteiger partial charge on any atom is 0.173 e. The second-order valence-corrected chi connectivity index (χ2v) is 4.94. The van der Waals surface area contributed by atoms with E-state index < -0.39 is 0 Å². The van der Waals surface area contributed by atoms with Crippen molar-refractivity contribution in [2.75, 3.05) is 44.8 Å². The number of ketones is 1. The number of halogens is 2. The summed E-state index contributed by atoms with van der Waals surface area (Å²) in [7, 11) is 0. The number of carbonyl (C=O) groups excluding carboxylic acids is 1. The lowest BCUT2D eigenvalue weighted by Gasteiger charge is -2.26. The average molecular weight is 365 g/mol. The van der Waals surface area contributed by atoms with E-state index in [1.165, 1.54) is 0 Å². The number of rotatable bonds is 6. The van der Waals surface area contributed by atoms with E-state index in [9.17, 15) is 4.79 Å². The van der Waals surface area contributed by atoms with Crippen molar-refractivity contribution < 1.29 is 14.3 Å². The summed E-state index contributed by atoms with van der Waals surface area (Å²) in [5.74, 6) is 0.888. The molecule has 4 nitrogen and oxygen atoms in total. The first kappa shape index (κ1) is 17.4. The summed E-state index contributed by atoms with van der Waals surface area (Å²) in [6.45, 7) is 5.13. The molecule has 1 saturated heterocycles. The van der Waals surface area contributed by atoms with Gasteiger partial charge in [0.25, 0.3) is 0 Å². The summed E-state index contributed by atoms with van der Waals surface area (Å²) in [5, 5.41) is 0.351. The van der Waals surface area contributed by atoms with Gasteiger partial charge in [-0.1, -0.05) is 15.9 Å². The van der Waals surface area contributed by atoms with Crippen molar-refractivity contribution in [1.29, 1.82) is 0 Å². The minimum Gasteiger partial charge on any atom is -0.492 e. The van der Waals surface area contributed by atoms with Crippen molar-refractivity contribution in [2.45, 2.75) is 0 Å². The number of Topliss-reactive ketones (excluding diaryl/α,β-unsaturated/α-hetero) is 1. The third-order valence-electron chi connectivity index (χ3n) is 3.08. The molecular formula is C14H19BrClNO3. The van der Waals surface area contributed by atoms with Crippen LogP contribution in [0.15, 0.2) is 24.3 Å². The standard InChI is InChI=1S/C14H18BrNO3.ClH/c15-11-14(17)12-1-3-13(4-2-12)19-10-7-16-5-8-18-9-6-16;/h1-4H,5-11H2;1H. The first-order valence-electron chi connectivity index (χ1n) is 6.42. The molecular weight excluding hydrogens is 346 g/mol. The fourth-order valence-electron chi connectivity index (χ4n) is 1.93. The zero-order chi connectivity index (χ0) is 13.5. The maximum absolute atomic E-state index is 11.4. The molecule has 20 heavy (non-hydrogen) atoms. The van der Waals surface area contributed by atoms with Crippen molar-refractivity contribution in [3.05, 3.63) is 29.8 Å². The van der Waals surface area contributed by atoms with E-state index in [4.69, 9.17) is 9.47 Å². The van der Waals surface area contributed by atoms with E-state index in [1.807, 2.05) is 12.1 Å². The van der Waals surface area contributed by atoms with Crippen LogP contribution in [0.4, 0.5) is 0 Å². The van der Waals surface area contributed by atoms with Gasteiger partial charge in [-0.3, -0.25) is 9.69 Å². The molecule has 0 radical (unpaired) electrons. The molecule has 0 aromatic heterocycles. The van der Waals surface area contributed by atoms with Crippen molar-refractivity contribution in [1.82, 2.24) is 4.90 Å². The summed E-state index contributed by atoms with van der Waals surface area (Å²) < 4.78 is 11.0. The molecule has 0 bridgehead atoms. The molecule has 6 heteroatoms. The number of nitrogens with zero attached hydrogens (tertiary/aromatic N) is 1. The second kappa shape index (κ2) is 9.34. The second-order valence-electron chi connectivity index (χ2n) is 4.38.